The van der Waals surface area contributed by atoms with Crippen LogP contribution in [-0.2, 0) is 10.8 Å². The van der Waals surface area contributed by atoms with Crippen LogP contribution in [0.5, 0.6) is 0 Å². The molecule has 4 heteroatoms. The van der Waals surface area contributed by atoms with Gasteiger partial charge in [0.25, 0.3) is 0 Å². The largest absolute Gasteiger partial charge is 0.295 e. The highest BCUT2D eigenvalue weighted by Crippen LogP contribution is 2.18. The average molecular weight is 214 g/mol. The van der Waals surface area contributed by atoms with E-state index in [-0.39, 0.29) is 5.78 Å². The Balaban J connectivity index is 3.27. The fraction of sp³-hybridized carbons (Fsp3) is 0.222. The lowest BCUT2D eigenvalue weighted by atomic mass is 10.1. The van der Waals surface area contributed by atoms with Crippen LogP contribution in [0, 0.1) is 0 Å². The molecule has 0 bridgehead atoms. The number of carbonyl (C=O) groups is 1. The van der Waals surface area contributed by atoms with Crippen molar-refractivity contribution in [3.8, 4) is 0 Å². The molecule has 0 aliphatic heterocycles. The molecule has 0 spiro atoms. The molecular weight excluding hydrogens is 204 g/mol. The first-order chi connectivity index (χ1) is 6.02. The van der Waals surface area contributed by atoms with Crippen LogP contribution in [0.2, 0.25) is 0 Å². The predicted octanol–water partition coefficient (Wildman–Crippen LogP) is 1.92. The minimum atomic E-state index is -1.10. The van der Waals surface area contributed by atoms with Gasteiger partial charge in [-0.25, -0.2) is 0 Å². The van der Waals surface area contributed by atoms with Crippen molar-refractivity contribution in [1.29, 1.82) is 0 Å². The zero-order chi connectivity index (χ0) is 10.0. The molecular formula is C9H10O2S2. The number of hydrogen-bond acceptors (Lipinski definition) is 3. The van der Waals surface area contributed by atoms with E-state index in [4.69, 9.17) is 0 Å². The van der Waals surface area contributed by atoms with Gasteiger partial charge in [0.1, 0.15) is 0 Å². The first-order valence-electron chi connectivity index (χ1n) is 3.69. The maximum absolute atomic E-state index is 11.2. The van der Waals surface area contributed by atoms with Crippen molar-refractivity contribution in [2.45, 2.75) is 16.7 Å². The van der Waals surface area contributed by atoms with E-state index in [0.717, 1.165) is 0 Å². The third kappa shape index (κ3) is 2.42. The normalized spacial score (nSPS) is 12.5. The van der Waals surface area contributed by atoms with Gasteiger partial charge in [-0.15, -0.1) is 12.6 Å². The highest BCUT2D eigenvalue weighted by molar-refractivity contribution is 7.86. The monoisotopic (exact) mass is 214 g/mol. The summed E-state index contributed by atoms with van der Waals surface area (Å²) in [4.78, 5) is 12.3. The summed E-state index contributed by atoms with van der Waals surface area (Å²) < 4.78 is 11.2. The SMILES string of the molecule is CC(=O)c1ccc(S)c(S(C)=O)c1. The summed E-state index contributed by atoms with van der Waals surface area (Å²) in [6, 6.07) is 5.00. The number of Topliss-reactive ketones (excluding diaryl/α,β-unsaturated/α-hetero) is 1. The molecule has 1 atom stereocenters. The molecule has 70 valence electrons. The van der Waals surface area contributed by atoms with Crippen LogP contribution in [0.25, 0.3) is 0 Å². The van der Waals surface area contributed by atoms with Crippen LogP contribution in [0.4, 0.5) is 0 Å². The van der Waals surface area contributed by atoms with E-state index < -0.39 is 10.8 Å². The van der Waals surface area contributed by atoms with Crippen LogP contribution in [0.15, 0.2) is 28.0 Å². The maximum Gasteiger partial charge on any atom is 0.159 e. The second-order valence-corrected chi connectivity index (χ2v) is 4.52. The van der Waals surface area contributed by atoms with E-state index in [9.17, 15) is 9.00 Å². The minimum Gasteiger partial charge on any atom is -0.295 e. The molecule has 0 amide bonds. The Morgan fingerprint density at radius 1 is 1.46 bits per heavy atom. The topological polar surface area (TPSA) is 34.1 Å². The zero-order valence-corrected chi connectivity index (χ0v) is 9.11. The van der Waals surface area contributed by atoms with Gasteiger partial charge in [0, 0.05) is 16.7 Å². The molecule has 0 saturated carbocycles. The molecule has 0 aliphatic rings. The summed E-state index contributed by atoms with van der Waals surface area (Å²) >= 11 is 4.15. The van der Waals surface area contributed by atoms with Crippen molar-refractivity contribution < 1.29 is 9.00 Å². The highest BCUT2D eigenvalue weighted by Gasteiger charge is 2.06. The molecule has 0 N–H and O–H groups in total. The van der Waals surface area contributed by atoms with Gasteiger partial charge in [-0.2, -0.15) is 0 Å². The standard InChI is InChI=1S/C9H10O2S2/c1-6(10)7-3-4-8(12)9(5-7)13(2)11/h3-5,12H,1-2H3. The van der Waals surface area contributed by atoms with Gasteiger partial charge in [0.2, 0.25) is 0 Å². The molecule has 1 aromatic rings. The van der Waals surface area contributed by atoms with Crippen LogP contribution >= 0.6 is 12.6 Å². The number of benzene rings is 1. The molecule has 0 aliphatic carbocycles. The molecule has 0 fully saturated rings. The van der Waals surface area contributed by atoms with Gasteiger partial charge < -0.3 is 0 Å². The van der Waals surface area contributed by atoms with Crippen molar-refractivity contribution >= 4 is 29.2 Å². The van der Waals surface area contributed by atoms with Gasteiger partial charge in [0.15, 0.2) is 5.78 Å². The quantitative estimate of drug-likeness (QED) is 0.603. The van der Waals surface area contributed by atoms with E-state index >= 15 is 0 Å². The molecule has 1 rings (SSSR count). The Morgan fingerprint density at radius 2 is 2.08 bits per heavy atom. The number of ketones is 1. The second kappa shape index (κ2) is 4.07. The van der Waals surface area contributed by atoms with Gasteiger partial charge in [-0.3, -0.25) is 9.00 Å². The Hall–Kier alpha value is -0.610. The summed E-state index contributed by atoms with van der Waals surface area (Å²) in [5, 5.41) is 0. The van der Waals surface area contributed by atoms with Crippen molar-refractivity contribution in [3.05, 3.63) is 23.8 Å². The number of thiol groups is 1. The lowest BCUT2D eigenvalue weighted by molar-refractivity contribution is 0.101. The number of rotatable bonds is 2. The third-order valence-corrected chi connectivity index (χ3v) is 3.17. The van der Waals surface area contributed by atoms with E-state index in [1.54, 1.807) is 24.5 Å². The molecule has 2 nitrogen and oxygen atoms in total. The summed E-state index contributed by atoms with van der Waals surface area (Å²) in [6.07, 6.45) is 1.57. The van der Waals surface area contributed by atoms with Crippen LogP contribution in [0.1, 0.15) is 17.3 Å². The Kier molecular flexibility index (Phi) is 3.27. The smallest absolute Gasteiger partial charge is 0.159 e. The molecule has 1 aromatic carbocycles. The van der Waals surface area contributed by atoms with Gasteiger partial charge in [0.05, 0.1) is 15.7 Å². The molecule has 0 saturated heterocycles. The Bertz CT molecular complexity index is 372. The zero-order valence-electron chi connectivity index (χ0n) is 7.40. The summed E-state index contributed by atoms with van der Waals surface area (Å²) in [7, 11) is -1.10. The summed E-state index contributed by atoms with van der Waals surface area (Å²) in [5.74, 6) is -0.0277. The molecule has 1 unspecified atom stereocenters. The summed E-state index contributed by atoms with van der Waals surface area (Å²) in [6.45, 7) is 1.48. The summed E-state index contributed by atoms with van der Waals surface area (Å²) in [5.41, 5.74) is 0.572. The first-order valence-corrected chi connectivity index (χ1v) is 5.70. The second-order valence-electron chi connectivity index (χ2n) is 2.69. The van der Waals surface area contributed by atoms with Crippen molar-refractivity contribution in [2.24, 2.45) is 0 Å². The fourth-order valence-electron chi connectivity index (χ4n) is 0.963. The fourth-order valence-corrected chi connectivity index (χ4v) is 2.14. The Labute approximate surface area is 85.2 Å². The van der Waals surface area contributed by atoms with E-state index in [2.05, 4.69) is 12.6 Å². The third-order valence-electron chi connectivity index (χ3n) is 1.68. The van der Waals surface area contributed by atoms with Gasteiger partial charge >= 0.3 is 0 Å². The van der Waals surface area contributed by atoms with Crippen molar-refractivity contribution in [2.75, 3.05) is 6.26 Å². The van der Waals surface area contributed by atoms with Crippen LogP contribution < -0.4 is 0 Å². The average Bonchev–Trinajstić information content (AvgIpc) is 2.04. The van der Waals surface area contributed by atoms with E-state index in [0.29, 0.717) is 15.4 Å². The highest BCUT2D eigenvalue weighted by atomic mass is 32.2. The molecule has 0 radical (unpaired) electrons. The van der Waals surface area contributed by atoms with Crippen molar-refractivity contribution in [1.82, 2.24) is 0 Å². The number of hydrogen-bond donors (Lipinski definition) is 1. The van der Waals surface area contributed by atoms with E-state index in [1.165, 1.54) is 6.92 Å². The molecule has 13 heavy (non-hydrogen) atoms. The lowest BCUT2D eigenvalue weighted by Gasteiger charge is -2.02. The van der Waals surface area contributed by atoms with Crippen LogP contribution in [0.3, 0.4) is 0 Å². The van der Waals surface area contributed by atoms with Gasteiger partial charge in [-0.05, 0) is 19.1 Å². The lowest BCUT2D eigenvalue weighted by Crippen LogP contribution is -1.96. The maximum atomic E-state index is 11.2. The minimum absolute atomic E-state index is 0.0277. The molecule has 0 aromatic heterocycles. The first kappa shape index (κ1) is 10.5. The number of carbonyl (C=O) groups excluding carboxylic acids is 1. The van der Waals surface area contributed by atoms with Crippen LogP contribution in [-0.4, -0.2) is 16.2 Å². The van der Waals surface area contributed by atoms with Gasteiger partial charge in [-0.1, -0.05) is 6.07 Å². The molecule has 0 heterocycles. The van der Waals surface area contributed by atoms with Crippen molar-refractivity contribution in [3.63, 3.8) is 0 Å². The Morgan fingerprint density at radius 3 is 2.54 bits per heavy atom. The van der Waals surface area contributed by atoms with E-state index in [1.807, 2.05) is 0 Å². The predicted molar refractivity (Wildman–Crippen MR) is 56.0 cm³/mol.